The Balaban J connectivity index is 1.82. The molecule has 4 heteroatoms. The summed E-state index contributed by atoms with van der Waals surface area (Å²) in [5, 5.41) is 1.04. The van der Waals surface area contributed by atoms with E-state index in [1.165, 1.54) is 16.8 Å². The molecule has 1 amide bonds. The number of unbranched alkanes of at least 4 members (excludes halogenated alkanes) is 2. The molecule has 1 aromatic carbocycles. The summed E-state index contributed by atoms with van der Waals surface area (Å²) in [7, 11) is 0. The highest BCUT2D eigenvalue weighted by Crippen LogP contribution is 2.24. The number of carbonyl (C=O) groups excluding carboxylic acids is 1. The molecule has 1 fully saturated rings. The number of aryl methyl sites for hydroxylation is 1. The summed E-state index contributed by atoms with van der Waals surface area (Å²) in [6.07, 6.45) is 4.02. The van der Waals surface area contributed by atoms with E-state index in [1.54, 1.807) is 0 Å². The van der Waals surface area contributed by atoms with Gasteiger partial charge < -0.3 is 9.80 Å². The van der Waals surface area contributed by atoms with Crippen molar-refractivity contribution in [2.45, 2.75) is 39.5 Å². The molecule has 1 heterocycles. The van der Waals surface area contributed by atoms with Crippen molar-refractivity contribution in [2.24, 2.45) is 0 Å². The fraction of sp³-hybridized carbons (Fsp3) is 0.611. The largest absolute Gasteiger partial charge is 0.368 e. The number of hydrogen-bond donors (Lipinski definition) is 0. The van der Waals surface area contributed by atoms with Crippen molar-refractivity contribution < 1.29 is 4.79 Å². The van der Waals surface area contributed by atoms with Crippen molar-refractivity contribution in [1.29, 1.82) is 0 Å². The van der Waals surface area contributed by atoms with Crippen molar-refractivity contribution in [3.63, 3.8) is 0 Å². The van der Waals surface area contributed by atoms with Crippen LogP contribution < -0.4 is 4.90 Å². The molecule has 0 unspecified atom stereocenters. The molecule has 3 nitrogen and oxygen atoms in total. The Morgan fingerprint density at radius 3 is 2.50 bits per heavy atom. The number of nitrogens with zero attached hydrogens (tertiary/aromatic N) is 2. The molecular weight excluding hydrogens is 340 g/mol. The highest BCUT2D eigenvalue weighted by atomic mass is 79.9. The summed E-state index contributed by atoms with van der Waals surface area (Å²) in [6.45, 7) is 7.93. The van der Waals surface area contributed by atoms with E-state index in [9.17, 15) is 4.79 Å². The van der Waals surface area contributed by atoms with E-state index in [1.807, 2.05) is 4.90 Å². The number of anilines is 1. The molecule has 0 bridgehead atoms. The predicted octanol–water partition coefficient (Wildman–Crippen LogP) is 3.91. The van der Waals surface area contributed by atoms with Gasteiger partial charge in [0.15, 0.2) is 0 Å². The lowest BCUT2D eigenvalue weighted by atomic mass is 10.1. The lowest BCUT2D eigenvalue weighted by Crippen LogP contribution is -2.49. The molecule has 2 rings (SSSR count). The Bertz CT molecular complexity index is 496. The molecule has 1 saturated heterocycles. The average Bonchev–Trinajstić information content (AvgIpc) is 2.54. The van der Waals surface area contributed by atoms with E-state index < -0.39 is 0 Å². The number of alkyl halides is 1. The molecule has 0 aliphatic carbocycles. The van der Waals surface area contributed by atoms with Crippen molar-refractivity contribution >= 4 is 27.5 Å². The Labute approximate surface area is 142 Å². The van der Waals surface area contributed by atoms with Crippen LogP contribution >= 0.6 is 15.9 Å². The summed E-state index contributed by atoms with van der Waals surface area (Å²) >= 11 is 3.43. The molecular formula is C18H27BrN2O. The second-order valence-corrected chi connectivity index (χ2v) is 6.88. The van der Waals surface area contributed by atoms with Gasteiger partial charge in [-0.2, -0.15) is 0 Å². The first kappa shape index (κ1) is 17.3. The first-order chi connectivity index (χ1) is 10.6. The number of carbonyl (C=O) groups is 1. The van der Waals surface area contributed by atoms with Crippen LogP contribution in [0.4, 0.5) is 5.69 Å². The molecule has 1 aliphatic rings. The fourth-order valence-electron chi connectivity index (χ4n) is 2.98. The monoisotopic (exact) mass is 366 g/mol. The topological polar surface area (TPSA) is 23.6 Å². The minimum atomic E-state index is 0.329. The summed E-state index contributed by atoms with van der Waals surface area (Å²) in [5.74, 6) is 0.329. The molecule has 0 atom stereocenters. The zero-order valence-corrected chi connectivity index (χ0v) is 15.4. The number of amides is 1. The van der Waals surface area contributed by atoms with E-state index in [0.717, 1.165) is 50.8 Å². The third-order valence-electron chi connectivity index (χ3n) is 4.57. The molecule has 0 N–H and O–H groups in total. The summed E-state index contributed by atoms with van der Waals surface area (Å²) in [4.78, 5) is 16.7. The van der Waals surface area contributed by atoms with Crippen LogP contribution in [-0.4, -0.2) is 42.3 Å². The third-order valence-corrected chi connectivity index (χ3v) is 5.13. The van der Waals surface area contributed by atoms with Gasteiger partial charge in [0, 0.05) is 43.6 Å². The van der Waals surface area contributed by atoms with E-state index in [2.05, 4.69) is 52.9 Å². The minimum Gasteiger partial charge on any atom is -0.368 e. The van der Waals surface area contributed by atoms with Crippen LogP contribution in [0.1, 0.15) is 36.8 Å². The normalized spacial score (nSPS) is 15.2. The van der Waals surface area contributed by atoms with Gasteiger partial charge in [-0.25, -0.2) is 0 Å². The van der Waals surface area contributed by atoms with Crippen molar-refractivity contribution in [1.82, 2.24) is 4.90 Å². The smallest absolute Gasteiger partial charge is 0.222 e. The van der Waals surface area contributed by atoms with Gasteiger partial charge in [0.2, 0.25) is 5.91 Å². The summed E-state index contributed by atoms with van der Waals surface area (Å²) in [5.41, 5.74) is 4.02. The van der Waals surface area contributed by atoms with Crippen LogP contribution in [0, 0.1) is 13.8 Å². The van der Waals surface area contributed by atoms with Crippen molar-refractivity contribution in [3.8, 4) is 0 Å². The van der Waals surface area contributed by atoms with Gasteiger partial charge in [0.25, 0.3) is 0 Å². The zero-order chi connectivity index (χ0) is 15.9. The van der Waals surface area contributed by atoms with Gasteiger partial charge in [-0.15, -0.1) is 0 Å². The molecule has 0 spiro atoms. The fourth-order valence-corrected chi connectivity index (χ4v) is 3.38. The minimum absolute atomic E-state index is 0.329. The second kappa shape index (κ2) is 8.56. The maximum atomic E-state index is 12.2. The van der Waals surface area contributed by atoms with Crippen LogP contribution in [0.2, 0.25) is 0 Å². The number of piperazine rings is 1. The third kappa shape index (κ3) is 4.48. The lowest BCUT2D eigenvalue weighted by Gasteiger charge is -2.37. The zero-order valence-electron chi connectivity index (χ0n) is 13.8. The first-order valence-electron chi connectivity index (χ1n) is 8.28. The van der Waals surface area contributed by atoms with Crippen LogP contribution in [0.3, 0.4) is 0 Å². The highest BCUT2D eigenvalue weighted by Gasteiger charge is 2.21. The quantitative estimate of drug-likeness (QED) is 0.562. The summed E-state index contributed by atoms with van der Waals surface area (Å²) in [6, 6.07) is 6.48. The molecule has 0 saturated carbocycles. The van der Waals surface area contributed by atoms with E-state index >= 15 is 0 Å². The Morgan fingerprint density at radius 2 is 1.82 bits per heavy atom. The van der Waals surface area contributed by atoms with Gasteiger partial charge >= 0.3 is 0 Å². The summed E-state index contributed by atoms with van der Waals surface area (Å²) < 4.78 is 0. The number of halogens is 1. The number of hydrogen-bond acceptors (Lipinski definition) is 2. The number of benzene rings is 1. The molecule has 0 aromatic heterocycles. The van der Waals surface area contributed by atoms with Gasteiger partial charge in [0.1, 0.15) is 0 Å². The standard InChI is InChI=1S/C18H27BrN2O/c1-15-7-6-8-17(16(15)2)20-11-13-21(14-12-20)18(22)9-4-3-5-10-19/h6-8H,3-5,9-14H2,1-2H3. The lowest BCUT2D eigenvalue weighted by molar-refractivity contribution is -0.131. The Morgan fingerprint density at radius 1 is 1.09 bits per heavy atom. The van der Waals surface area contributed by atoms with Gasteiger partial charge in [-0.3, -0.25) is 4.79 Å². The number of rotatable bonds is 6. The van der Waals surface area contributed by atoms with Gasteiger partial charge in [0.05, 0.1) is 0 Å². The van der Waals surface area contributed by atoms with E-state index in [0.29, 0.717) is 12.3 Å². The SMILES string of the molecule is Cc1cccc(N2CCN(C(=O)CCCCCBr)CC2)c1C. The molecule has 1 aliphatic heterocycles. The van der Waals surface area contributed by atoms with Crippen LogP contribution in [-0.2, 0) is 4.79 Å². The van der Waals surface area contributed by atoms with Crippen LogP contribution in [0.5, 0.6) is 0 Å². The van der Waals surface area contributed by atoms with Gasteiger partial charge in [-0.1, -0.05) is 34.5 Å². The van der Waals surface area contributed by atoms with Crippen molar-refractivity contribution in [3.05, 3.63) is 29.3 Å². The predicted molar refractivity (Wildman–Crippen MR) is 97.0 cm³/mol. The first-order valence-corrected chi connectivity index (χ1v) is 9.40. The molecule has 1 aromatic rings. The van der Waals surface area contributed by atoms with E-state index in [4.69, 9.17) is 0 Å². The second-order valence-electron chi connectivity index (χ2n) is 6.09. The van der Waals surface area contributed by atoms with Crippen LogP contribution in [0.25, 0.3) is 0 Å². The van der Waals surface area contributed by atoms with Crippen molar-refractivity contribution in [2.75, 3.05) is 36.4 Å². The van der Waals surface area contributed by atoms with E-state index in [-0.39, 0.29) is 0 Å². The van der Waals surface area contributed by atoms with Gasteiger partial charge in [-0.05, 0) is 43.9 Å². The maximum absolute atomic E-state index is 12.2. The highest BCUT2D eigenvalue weighted by molar-refractivity contribution is 9.09. The molecule has 122 valence electrons. The maximum Gasteiger partial charge on any atom is 0.222 e. The Hall–Kier alpha value is -1.03. The molecule has 22 heavy (non-hydrogen) atoms. The average molecular weight is 367 g/mol. The molecule has 0 radical (unpaired) electrons. The van der Waals surface area contributed by atoms with Crippen LogP contribution in [0.15, 0.2) is 18.2 Å². The Kier molecular flexibility index (Phi) is 6.74.